The van der Waals surface area contributed by atoms with Gasteiger partial charge in [0.15, 0.2) is 0 Å². The SMILES string of the molecule is COC1CCN(c2ncc(F)cc2CNC(C)C)C1. The van der Waals surface area contributed by atoms with E-state index < -0.39 is 0 Å². The highest BCUT2D eigenvalue weighted by Crippen LogP contribution is 2.24. The largest absolute Gasteiger partial charge is 0.380 e. The Labute approximate surface area is 114 Å². The molecule has 1 fully saturated rings. The Morgan fingerprint density at radius 1 is 1.58 bits per heavy atom. The zero-order valence-electron chi connectivity index (χ0n) is 11.8. The molecule has 1 aromatic heterocycles. The van der Waals surface area contributed by atoms with Crippen LogP contribution in [-0.4, -0.2) is 37.3 Å². The second kappa shape index (κ2) is 6.30. The maximum Gasteiger partial charge on any atom is 0.141 e. The van der Waals surface area contributed by atoms with Gasteiger partial charge in [-0.15, -0.1) is 0 Å². The summed E-state index contributed by atoms with van der Waals surface area (Å²) in [6, 6.07) is 1.93. The maximum absolute atomic E-state index is 13.4. The van der Waals surface area contributed by atoms with Crippen molar-refractivity contribution in [2.24, 2.45) is 0 Å². The summed E-state index contributed by atoms with van der Waals surface area (Å²) in [5.41, 5.74) is 0.908. The first-order valence-electron chi connectivity index (χ1n) is 6.75. The fourth-order valence-corrected chi connectivity index (χ4v) is 2.32. The first-order valence-corrected chi connectivity index (χ1v) is 6.75. The van der Waals surface area contributed by atoms with Crippen LogP contribution in [0.2, 0.25) is 0 Å². The Balaban J connectivity index is 2.14. The lowest BCUT2D eigenvalue weighted by Gasteiger charge is -2.21. The average Bonchev–Trinajstić information content (AvgIpc) is 2.85. The smallest absolute Gasteiger partial charge is 0.141 e. The van der Waals surface area contributed by atoms with Crippen molar-refractivity contribution < 1.29 is 9.13 Å². The molecule has 1 aliphatic rings. The third kappa shape index (κ3) is 3.64. The molecule has 1 saturated heterocycles. The van der Waals surface area contributed by atoms with E-state index in [0.717, 1.165) is 30.9 Å². The number of hydrogen-bond acceptors (Lipinski definition) is 4. The number of aromatic nitrogens is 1. The van der Waals surface area contributed by atoms with Gasteiger partial charge in [-0.3, -0.25) is 0 Å². The highest BCUT2D eigenvalue weighted by Gasteiger charge is 2.25. The molecule has 1 unspecified atom stereocenters. The van der Waals surface area contributed by atoms with Crippen LogP contribution >= 0.6 is 0 Å². The number of ether oxygens (including phenoxy) is 1. The number of halogens is 1. The van der Waals surface area contributed by atoms with Crippen LogP contribution in [0, 0.1) is 5.82 Å². The molecule has 0 amide bonds. The molecule has 1 aromatic rings. The third-order valence-corrected chi connectivity index (χ3v) is 3.39. The second-order valence-electron chi connectivity index (χ2n) is 5.26. The van der Waals surface area contributed by atoms with Gasteiger partial charge in [0.2, 0.25) is 0 Å². The number of anilines is 1. The topological polar surface area (TPSA) is 37.4 Å². The van der Waals surface area contributed by atoms with Gasteiger partial charge in [-0.2, -0.15) is 0 Å². The molecule has 0 aromatic carbocycles. The molecule has 1 atom stereocenters. The van der Waals surface area contributed by atoms with Crippen LogP contribution in [0.5, 0.6) is 0 Å². The Bertz CT molecular complexity index is 425. The minimum atomic E-state index is -0.285. The summed E-state index contributed by atoms with van der Waals surface area (Å²) in [5.74, 6) is 0.584. The first-order chi connectivity index (χ1) is 9.10. The fraction of sp³-hybridized carbons (Fsp3) is 0.643. The summed E-state index contributed by atoms with van der Waals surface area (Å²) in [5, 5.41) is 3.31. The lowest BCUT2D eigenvalue weighted by molar-refractivity contribution is 0.121. The van der Waals surface area contributed by atoms with Crippen molar-refractivity contribution in [3.63, 3.8) is 0 Å². The Morgan fingerprint density at radius 3 is 3.00 bits per heavy atom. The van der Waals surface area contributed by atoms with Crippen molar-refractivity contribution in [1.82, 2.24) is 10.3 Å². The number of nitrogens with one attached hydrogen (secondary N) is 1. The van der Waals surface area contributed by atoms with Crippen LogP contribution in [0.15, 0.2) is 12.3 Å². The Morgan fingerprint density at radius 2 is 2.37 bits per heavy atom. The van der Waals surface area contributed by atoms with E-state index in [1.165, 1.54) is 6.20 Å². The lowest BCUT2D eigenvalue weighted by Crippen LogP contribution is -2.27. The van der Waals surface area contributed by atoms with Crippen LogP contribution in [0.3, 0.4) is 0 Å². The van der Waals surface area contributed by atoms with E-state index in [9.17, 15) is 4.39 Å². The standard InChI is InChI=1S/C14H22FN3O/c1-10(2)16-7-11-6-12(15)8-17-14(11)18-5-4-13(9-18)19-3/h6,8,10,13,16H,4-5,7,9H2,1-3H3. The van der Waals surface area contributed by atoms with Gasteiger partial charge in [-0.05, 0) is 12.5 Å². The molecule has 0 saturated carbocycles. The van der Waals surface area contributed by atoms with Gasteiger partial charge in [0.25, 0.3) is 0 Å². The van der Waals surface area contributed by atoms with Gasteiger partial charge < -0.3 is 15.0 Å². The molecule has 19 heavy (non-hydrogen) atoms. The van der Waals surface area contributed by atoms with Gasteiger partial charge in [0.1, 0.15) is 11.6 Å². The molecule has 2 rings (SSSR count). The zero-order chi connectivity index (χ0) is 13.8. The summed E-state index contributed by atoms with van der Waals surface area (Å²) in [6.45, 7) is 6.51. The van der Waals surface area contributed by atoms with Crippen LogP contribution in [0.4, 0.5) is 10.2 Å². The van der Waals surface area contributed by atoms with Crippen LogP contribution in [0.1, 0.15) is 25.8 Å². The van der Waals surface area contributed by atoms with Crippen molar-refractivity contribution >= 4 is 5.82 Å². The molecule has 5 heteroatoms. The van der Waals surface area contributed by atoms with E-state index in [1.807, 2.05) is 0 Å². The monoisotopic (exact) mass is 267 g/mol. The predicted molar refractivity (Wildman–Crippen MR) is 73.8 cm³/mol. The summed E-state index contributed by atoms with van der Waals surface area (Å²) in [7, 11) is 1.73. The van der Waals surface area contributed by atoms with Crippen molar-refractivity contribution in [2.45, 2.75) is 39.0 Å². The minimum Gasteiger partial charge on any atom is -0.380 e. The number of methoxy groups -OCH3 is 1. The zero-order valence-corrected chi connectivity index (χ0v) is 11.8. The quantitative estimate of drug-likeness (QED) is 0.884. The second-order valence-corrected chi connectivity index (χ2v) is 5.26. The van der Waals surface area contributed by atoms with E-state index in [1.54, 1.807) is 13.2 Å². The van der Waals surface area contributed by atoms with E-state index in [-0.39, 0.29) is 11.9 Å². The third-order valence-electron chi connectivity index (χ3n) is 3.39. The minimum absolute atomic E-state index is 0.248. The molecule has 0 bridgehead atoms. The first kappa shape index (κ1) is 14.2. The summed E-state index contributed by atoms with van der Waals surface area (Å²) >= 11 is 0. The summed E-state index contributed by atoms with van der Waals surface area (Å²) < 4.78 is 18.7. The molecular weight excluding hydrogens is 245 g/mol. The highest BCUT2D eigenvalue weighted by molar-refractivity contribution is 5.48. The molecule has 2 heterocycles. The van der Waals surface area contributed by atoms with Crippen molar-refractivity contribution in [3.05, 3.63) is 23.6 Å². The van der Waals surface area contributed by atoms with E-state index in [4.69, 9.17) is 4.74 Å². The molecule has 0 spiro atoms. The van der Waals surface area contributed by atoms with Gasteiger partial charge in [-0.25, -0.2) is 9.37 Å². The number of pyridine rings is 1. The van der Waals surface area contributed by atoms with Crippen LogP contribution in [0.25, 0.3) is 0 Å². The molecule has 4 nitrogen and oxygen atoms in total. The Kier molecular flexibility index (Phi) is 4.71. The predicted octanol–water partition coefficient (Wildman–Crippen LogP) is 1.94. The highest BCUT2D eigenvalue weighted by atomic mass is 19.1. The fourth-order valence-electron chi connectivity index (χ4n) is 2.32. The summed E-state index contributed by atoms with van der Waals surface area (Å²) in [4.78, 5) is 6.43. The number of rotatable bonds is 5. The average molecular weight is 267 g/mol. The lowest BCUT2D eigenvalue weighted by atomic mass is 10.2. The van der Waals surface area contributed by atoms with Crippen molar-refractivity contribution in [2.75, 3.05) is 25.1 Å². The van der Waals surface area contributed by atoms with Crippen molar-refractivity contribution in [3.8, 4) is 0 Å². The summed E-state index contributed by atoms with van der Waals surface area (Å²) in [6.07, 6.45) is 2.53. The molecule has 1 N–H and O–H groups in total. The number of nitrogens with zero attached hydrogens (tertiary/aromatic N) is 2. The van der Waals surface area contributed by atoms with Crippen LogP contribution < -0.4 is 10.2 Å². The molecule has 0 aliphatic carbocycles. The Hall–Kier alpha value is -1.20. The normalized spacial score (nSPS) is 19.4. The number of hydrogen-bond donors (Lipinski definition) is 1. The van der Waals surface area contributed by atoms with E-state index >= 15 is 0 Å². The van der Waals surface area contributed by atoms with E-state index in [0.29, 0.717) is 12.6 Å². The van der Waals surface area contributed by atoms with Gasteiger partial charge >= 0.3 is 0 Å². The van der Waals surface area contributed by atoms with Gasteiger partial charge in [-0.1, -0.05) is 13.8 Å². The molecular formula is C14H22FN3O. The molecule has 1 aliphatic heterocycles. The molecule has 106 valence electrons. The maximum atomic E-state index is 13.4. The van der Waals surface area contributed by atoms with Gasteiger partial charge in [0, 0.05) is 38.3 Å². The van der Waals surface area contributed by atoms with E-state index in [2.05, 4.69) is 29.0 Å². The van der Waals surface area contributed by atoms with Crippen molar-refractivity contribution in [1.29, 1.82) is 0 Å². The van der Waals surface area contributed by atoms with Gasteiger partial charge in [0.05, 0.1) is 12.3 Å². The molecule has 0 radical (unpaired) electrons. The van der Waals surface area contributed by atoms with Crippen LogP contribution in [-0.2, 0) is 11.3 Å².